The molecule has 0 fully saturated rings. The zero-order valence-electron chi connectivity index (χ0n) is 5.89. The molecule has 0 saturated heterocycles. The normalized spacial score (nSPS) is 9.56. The van der Waals surface area contributed by atoms with Crippen LogP contribution < -0.4 is 0 Å². The van der Waals surface area contributed by atoms with Crippen LogP contribution in [0, 0.1) is 0 Å². The van der Waals surface area contributed by atoms with E-state index in [0.29, 0.717) is 15.0 Å². The van der Waals surface area contributed by atoms with Crippen molar-refractivity contribution in [2.75, 3.05) is 6.61 Å². The summed E-state index contributed by atoms with van der Waals surface area (Å²) in [6.45, 7) is 6.09. The van der Waals surface area contributed by atoms with E-state index in [4.69, 9.17) is 5.11 Å². The van der Waals surface area contributed by atoms with Crippen LogP contribution in [0.5, 0.6) is 0 Å². The summed E-state index contributed by atoms with van der Waals surface area (Å²) >= 11 is 0.491. The van der Waals surface area contributed by atoms with E-state index < -0.39 is 0 Å². The van der Waals surface area contributed by atoms with E-state index in [0.717, 1.165) is 4.47 Å². The zero-order chi connectivity index (χ0) is 7.11. The summed E-state index contributed by atoms with van der Waals surface area (Å²) in [7, 11) is 0. The van der Waals surface area contributed by atoms with Gasteiger partial charge in [-0.1, -0.05) is 0 Å². The van der Waals surface area contributed by atoms with Gasteiger partial charge in [0.15, 0.2) is 0 Å². The SMILES string of the molecule is C=C(CO)[Se]CCCC. The maximum absolute atomic E-state index is 8.55. The molecular weight excluding hydrogens is 179 g/mol. The van der Waals surface area contributed by atoms with Gasteiger partial charge in [-0.15, -0.1) is 0 Å². The second-order valence-electron chi connectivity index (χ2n) is 1.90. The predicted molar refractivity (Wildman–Crippen MR) is 41.7 cm³/mol. The van der Waals surface area contributed by atoms with Gasteiger partial charge in [0.25, 0.3) is 0 Å². The van der Waals surface area contributed by atoms with E-state index >= 15 is 0 Å². The van der Waals surface area contributed by atoms with Crippen LogP contribution in [-0.2, 0) is 0 Å². The second kappa shape index (κ2) is 6.34. The monoisotopic (exact) mass is 194 g/mol. The summed E-state index contributed by atoms with van der Waals surface area (Å²) in [6.07, 6.45) is 2.53. The molecule has 1 nitrogen and oxygen atoms in total. The third-order valence-corrected chi connectivity index (χ3v) is 3.14. The average Bonchev–Trinajstić information content (AvgIpc) is 1.89. The molecule has 9 heavy (non-hydrogen) atoms. The molecule has 0 heterocycles. The van der Waals surface area contributed by atoms with Gasteiger partial charge in [-0.3, -0.25) is 0 Å². The van der Waals surface area contributed by atoms with Crippen LogP contribution in [0.1, 0.15) is 19.8 Å². The summed E-state index contributed by atoms with van der Waals surface area (Å²) in [4.78, 5) is 0. The van der Waals surface area contributed by atoms with Crippen molar-refractivity contribution in [3.05, 3.63) is 11.1 Å². The van der Waals surface area contributed by atoms with Crippen LogP contribution in [0.3, 0.4) is 0 Å². The Labute approximate surface area is 63.3 Å². The summed E-state index contributed by atoms with van der Waals surface area (Å²) in [5.41, 5.74) is 0. The summed E-state index contributed by atoms with van der Waals surface area (Å²) in [5.74, 6) is 0. The van der Waals surface area contributed by atoms with E-state index in [-0.39, 0.29) is 6.61 Å². The molecule has 0 radical (unpaired) electrons. The first-order valence-corrected chi connectivity index (χ1v) is 5.29. The Morgan fingerprint density at radius 3 is 2.78 bits per heavy atom. The van der Waals surface area contributed by atoms with Crippen molar-refractivity contribution in [1.82, 2.24) is 0 Å². The first-order valence-electron chi connectivity index (χ1n) is 3.22. The number of hydrogen-bond acceptors (Lipinski definition) is 1. The van der Waals surface area contributed by atoms with E-state index in [9.17, 15) is 0 Å². The average molecular weight is 193 g/mol. The Morgan fingerprint density at radius 1 is 1.67 bits per heavy atom. The molecule has 0 aromatic carbocycles. The van der Waals surface area contributed by atoms with Crippen LogP contribution >= 0.6 is 0 Å². The molecule has 0 aliphatic rings. The zero-order valence-corrected chi connectivity index (χ0v) is 7.60. The molecule has 1 N–H and O–H groups in total. The summed E-state index contributed by atoms with van der Waals surface area (Å²) in [6, 6.07) is 0. The molecule has 0 aromatic rings. The minimum atomic E-state index is 0.184. The Balaban J connectivity index is 2.97. The van der Waals surface area contributed by atoms with Crippen molar-refractivity contribution < 1.29 is 5.11 Å². The van der Waals surface area contributed by atoms with E-state index in [2.05, 4.69) is 13.5 Å². The van der Waals surface area contributed by atoms with Gasteiger partial charge in [0, 0.05) is 0 Å². The van der Waals surface area contributed by atoms with Crippen molar-refractivity contribution in [3.63, 3.8) is 0 Å². The van der Waals surface area contributed by atoms with E-state index in [1.54, 1.807) is 0 Å². The summed E-state index contributed by atoms with van der Waals surface area (Å²) in [5, 5.41) is 9.79. The maximum atomic E-state index is 8.55. The molecule has 0 atom stereocenters. The van der Waals surface area contributed by atoms with Gasteiger partial charge in [-0.05, 0) is 0 Å². The summed E-state index contributed by atoms with van der Waals surface area (Å²) < 4.78 is 1.02. The van der Waals surface area contributed by atoms with Gasteiger partial charge in [0.05, 0.1) is 0 Å². The van der Waals surface area contributed by atoms with Crippen LogP contribution in [0.15, 0.2) is 11.1 Å². The number of aliphatic hydroxyl groups is 1. The molecule has 54 valence electrons. The molecule has 0 aliphatic heterocycles. The first kappa shape index (κ1) is 9.22. The Morgan fingerprint density at radius 2 is 2.33 bits per heavy atom. The second-order valence-corrected chi connectivity index (χ2v) is 4.57. The quantitative estimate of drug-likeness (QED) is 0.517. The fraction of sp³-hybridized carbons (Fsp3) is 0.714. The van der Waals surface area contributed by atoms with Gasteiger partial charge >= 0.3 is 62.8 Å². The Kier molecular flexibility index (Phi) is 6.50. The van der Waals surface area contributed by atoms with Gasteiger partial charge < -0.3 is 0 Å². The third-order valence-electron chi connectivity index (χ3n) is 0.980. The fourth-order valence-corrected chi connectivity index (χ4v) is 2.11. The molecule has 2 heteroatoms. The van der Waals surface area contributed by atoms with Crippen LogP contribution in [0.4, 0.5) is 0 Å². The minimum absolute atomic E-state index is 0.184. The van der Waals surface area contributed by atoms with Crippen molar-refractivity contribution in [3.8, 4) is 0 Å². The molecule has 0 spiro atoms. The Hall–Kier alpha value is 0.219. The third kappa shape index (κ3) is 6.10. The fourth-order valence-electron chi connectivity index (χ4n) is 0.406. The number of aliphatic hydroxyl groups excluding tert-OH is 1. The molecule has 0 rings (SSSR count). The molecule has 0 aliphatic carbocycles. The molecule has 0 aromatic heterocycles. The van der Waals surface area contributed by atoms with Gasteiger partial charge in [0.2, 0.25) is 0 Å². The van der Waals surface area contributed by atoms with Gasteiger partial charge in [-0.25, -0.2) is 0 Å². The van der Waals surface area contributed by atoms with Gasteiger partial charge in [-0.2, -0.15) is 0 Å². The van der Waals surface area contributed by atoms with E-state index in [1.807, 2.05) is 0 Å². The molecular formula is C7H14OSe. The predicted octanol–water partition coefficient (Wildman–Crippen LogP) is 1.42. The van der Waals surface area contributed by atoms with Crippen molar-refractivity contribution >= 4 is 15.0 Å². The number of unbranched alkanes of at least 4 members (excludes halogenated alkanes) is 1. The Bertz CT molecular complexity index is 81.0. The topological polar surface area (TPSA) is 20.2 Å². The number of hydrogen-bond donors (Lipinski definition) is 1. The molecule has 0 saturated carbocycles. The van der Waals surface area contributed by atoms with Crippen molar-refractivity contribution in [1.29, 1.82) is 0 Å². The molecule has 0 unspecified atom stereocenters. The van der Waals surface area contributed by atoms with Crippen LogP contribution in [-0.4, -0.2) is 26.7 Å². The van der Waals surface area contributed by atoms with Crippen LogP contribution in [0.2, 0.25) is 5.32 Å². The van der Waals surface area contributed by atoms with Crippen LogP contribution in [0.25, 0.3) is 0 Å². The van der Waals surface area contributed by atoms with Crippen molar-refractivity contribution in [2.45, 2.75) is 25.1 Å². The van der Waals surface area contributed by atoms with E-state index in [1.165, 1.54) is 18.2 Å². The molecule has 0 bridgehead atoms. The van der Waals surface area contributed by atoms with Gasteiger partial charge in [0.1, 0.15) is 0 Å². The number of rotatable bonds is 5. The van der Waals surface area contributed by atoms with Crippen molar-refractivity contribution in [2.24, 2.45) is 0 Å². The first-order chi connectivity index (χ1) is 4.31. The molecule has 0 amide bonds. The standard InChI is InChI=1S/C7H14OSe/c1-3-4-5-9-7(2)6-8/h8H,2-6H2,1H3.